The van der Waals surface area contributed by atoms with Crippen LogP contribution in [0.3, 0.4) is 0 Å². The van der Waals surface area contributed by atoms with Crippen molar-refractivity contribution in [2.24, 2.45) is 0 Å². The van der Waals surface area contributed by atoms with Crippen molar-refractivity contribution in [3.63, 3.8) is 0 Å². The molecule has 8 nitrogen and oxygen atoms in total. The van der Waals surface area contributed by atoms with E-state index in [0.29, 0.717) is 0 Å². The Labute approximate surface area is 181 Å². The van der Waals surface area contributed by atoms with Gasteiger partial charge in [-0.1, -0.05) is 25.6 Å². The second kappa shape index (κ2) is 49.9. The summed E-state index contributed by atoms with van der Waals surface area (Å²) in [6, 6.07) is 0. The van der Waals surface area contributed by atoms with Crippen LogP contribution in [0.2, 0.25) is 19.6 Å². The van der Waals surface area contributed by atoms with Gasteiger partial charge in [0.1, 0.15) is 14.2 Å². The van der Waals surface area contributed by atoms with Crippen molar-refractivity contribution in [1.82, 2.24) is 0 Å². The molecular formula is C16H18Co2O8Si. The topological polar surface area (TPSA) is 149 Å². The SMILES string of the molecule is C[Si](C)(C)C#C[C@@H]1OCCC[C@@H]1O.[C-]#[O+].[C-]#[O+].[C-]#[O+].[C-]#[O+].[C-]#[O+].[C-]#[O+].[Co].[Co]. The number of rotatable bonds is 0. The molecule has 0 saturated carbocycles. The first-order valence-electron chi connectivity index (χ1n) is 6.04. The molecule has 2 radical (unpaired) electrons. The first-order chi connectivity index (χ1) is 12.0. The third-order valence-corrected chi connectivity index (χ3v) is 2.77. The molecule has 1 N–H and O–H groups in total. The van der Waals surface area contributed by atoms with E-state index < -0.39 is 8.07 Å². The predicted octanol–water partition coefficient (Wildman–Crippen LogP) is 1.18. The standard InChI is InChI=1S/C10H18O2Si.6CO.2Co/c1-13(2,3)8-6-10-9(11)5-4-7-12-10;6*1-2;;/h9-11H,4-5,7H2,1-3H3;;;;;;;;/t9-,10-;;;;;;;;/m0......../s1. The van der Waals surface area contributed by atoms with Crippen molar-refractivity contribution in [2.75, 3.05) is 6.61 Å². The van der Waals surface area contributed by atoms with Crippen molar-refractivity contribution < 1.29 is 71.3 Å². The minimum Gasteiger partial charge on any atom is 0 e. The van der Waals surface area contributed by atoms with Gasteiger partial charge in [-0.05, 0) is 12.8 Å². The average molecular weight is 484 g/mol. The smallest absolute Gasteiger partial charge is 0 e. The van der Waals surface area contributed by atoms with Crippen LogP contribution in [0.1, 0.15) is 12.8 Å². The van der Waals surface area contributed by atoms with Crippen molar-refractivity contribution in [3.8, 4) is 11.5 Å². The summed E-state index contributed by atoms with van der Waals surface area (Å²) in [6.45, 7) is 34.3. The van der Waals surface area contributed by atoms with E-state index >= 15 is 0 Å². The molecule has 1 fully saturated rings. The second-order valence-electron chi connectivity index (χ2n) is 4.52. The van der Waals surface area contributed by atoms with Crippen molar-refractivity contribution in [1.29, 1.82) is 0 Å². The number of aliphatic hydroxyl groups is 1. The van der Waals surface area contributed by atoms with Crippen molar-refractivity contribution in [2.45, 2.75) is 44.7 Å². The van der Waals surface area contributed by atoms with Crippen LogP contribution in [0, 0.1) is 51.4 Å². The van der Waals surface area contributed by atoms with Crippen LogP contribution in [-0.4, -0.2) is 32.0 Å². The zero-order chi connectivity index (χ0) is 21.9. The predicted molar refractivity (Wildman–Crippen MR) is 79.7 cm³/mol. The summed E-state index contributed by atoms with van der Waals surface area (Å²) in [7, 11) is -1.32. The van der Waals surface area contributed by atoms with Crippen molar-refractivity contribution in [3.05, 3.63) is 39.9 Å². The molecule has 0 unspecified atom stereocenters. The van der Waals surface area contributed by atoms with E-state index in [1.807, 2.05) is 0 Å². The molecule has 27 heavy (non-hydrogen) atoms. The van der Waals surface area contributed by atoms with Gasteiger partial charge in [-0.15, -0.1) is 5.54 Å². The Hall–Kier alpha value is -0.850. The van der Waals surface area contributed by atoms with E-state index in [1.165, 1.54) is 0 Å². The summed E-state index contributed by atoms with van der Waals surface area (Å²) in [5.41, 5.74) is 3.23. The van der Waals surface area contributed by atoms with E-state index in [9.17, 15) is 5.11 Å². The maximum atomic E-state index is 9.55. The Morgan fingerprint density at radius 3 is 1.41 bits per heavy atom. The Morgan fingerprint density at radius 2 is 1.15 bits per heavy atom. The van der Waals surface area contributed by atoms with Crippen molar-refractivity contribution >= 4 is 8.07 Å². The van der Waals surface area contributed by atoms with Gasteiger partial charge in [0, 0.05) is 40.2 Å². The average Bonchev–Trinajstić information content (AvgIpc) is 2.70. The summed E-state index contributed by atoms with van der Waals surface area (Å²) in [6.07, 6.45) is 1.16. The molecule has 11 heteroatoms. The number of ether oxygens (including phenoxy) is 1. The molecule has 1 aliphatic heterocycles. The summed E-state index contributed by atoms with van der Waals surface area (Å²) in [4.78, 5) is 0. The fourth-order valence-corrected chi connectivity index (χ4v) is 1.77. The van der Waals surface area contributed by atoms with Gasteiger partial charge in [0.25, 0.3) is 0 Å². The second-order valence-corrected chi connectivity index (χ2v) is 9.27. The van der Waals surface area contributed by atoms with Gasteiger partial charge in [-0.2, -0.15) is 0 Å². The molecule has 0 amide bonds. The summed E-state index contributed by atoms with van der Waals surface area (Å²) in [5, 5.41) is 9.55. The first-order valence-corrected chi connectivity index (χ1v) is 9.54. The Kier molecular flexibility index (Phi) is 92.7. The maximum absolute atomic E-state index is 9.55. The minimum absolute atomic E-state index is 0. The molecule has 0 aliphatic carbocycles. The number of hydrogen-bond acceptors (Lipinski definition) is 2. The molecule has 1 saturated heterocycles. The Bertz CT molecular complexity index is 406. The zero-order valence-electron chi connectivity index (χ0n) is 14.7. The molecule has 0 aromatic carbocycles. The molecular weight excluding hydrogens is 466 g/mol. The summed E-state index contributed by atoms with van der Waals surface area (Å²) in [5.74, 6) is 3.05. The zero-order valence-corrected chi connectivity index (χ0v) is 17.8. The molecule has 0 bridgehead atoms. The first kappa shape index (κ1) is 50.2. The monoisotopic (exact) mass is 484 g/mol. The van der Waals surface area contributed by atoms with Crippen LogP contribution in [0.25, 0.3) is 0 Å². The number of aliphatic hydroxyl groups excluding tert-OH is 1. The molecule has 1 aliphatic rings. The van der Waals surface area contributed by atoms with Crippen LogP contribution < -0.4 is 0 Å². The van der Waals surface area contributed by atoms with E-state index in [1.54, 1.807) is 0 Å². The van der Waals surface area contributed by atoms with E-state index in [2.05, 4.69) is 71.0 Å². The van der Waals surface area contributed by atoms with E-state index in [0.717, 1.165) is 19.4 Å². The molecule has 1 heterocycles. The van der Waals surface area contributed by atoms with Crippen LogP contribution in [-0.2, 0) is 66.2 Å². The van der Waals surface area contributed by atoms with Gasteiger partial charge in [-0.3, -0.25) is 0 Å². The Morgan fingerprint density at radius 1 is 0.815 bits per heavy atom. The molecule has 1 rings (SSSR count). The molecule has 0 aromatic heterocycles. The van der Waals surface area contributed by atoms with Gasteiger partial charge in [-0.25, -0.2) is 0 Å². The van der Waals surface area contributed by atoms with E-state index in [4.69, 9.17) is 32.6 Å². The van der Waals surface area contributed by atoms with Gasteiger partial charge < -0.3 is 9.84 Å². The fourth-order valence-electron chi connectivity index (χ4n) is 1.19. The van der Waals surface area contributed by atoms with Crippen LogP contribution in [0.15, 0.2) is 0 Å². The molecule has 0 aromatic rings. The number of hydrogen-bond donors (Lipinski definition) is 1. The van der Waals surface area contributed by atoms with Gasteiger partial charge in [0.2, 0.25) is 0 Å². The third-order valence-electron chi connectivity index (χ3n) is 1.88. The van der Waals surface area contributed by atoms with E-state index in [-0.39, 0.29) is 45.8 Å². The third kappa shape index (κ3) is 51.7. The van der Waals surface area contributed by atoms with Gasteiger partial charge in [0.15, 0.2) is 0 Å². The normalized spacial score (nSPS) is 14.5. The summed E-state index contributed by atoms with van der Waals surface area (Å²) >= 11 is 0. The van der Waals surface area contributed by atoms with Gasteiger partial charge in [0.05, 0.1) is 6.10 Å². The summed E-state index contributed by atoms with van der Waals surface area (Å²) < 4.78 is 50.4. The minimum atomic E-state index is -1.32. The largest absolute Gasteiger partial charge is 0 e. The Balaban J connectivity index is -0.0000000370. The maximum Gasteiger partial charge on any atom is 0 e. The molecule has 0 spiro atoms. The van der Waals surface area contributed by atoms with Gasteiger partial charge >= 0.3 is 67.8 Å². The quantitative estimate of drug-likeness (QED) is 0.238. The van der Waals surface area contributed by atoms with Crippen LogP contribution >= 0.6 is 0 Å². The van der Waals surface area contributed by atoms with Crippen LogP contribution in [0.5, 0.6) is 0 Å². The molecule has 152 valence electrons. The molecule has 2 atom stereocenters. The fraction of sp³-hybridized carbons (Fsp3) is 0.500. The van der Waals surface area contributed by atoms with Crippen LogP contribution in [0.4, 0.5) is 0 Å².